The summed E-state index contributed by atoms with van der Waals surface area (Å²) in [6.45, 7) is 10.8. The summed E-state index contributed by atoms with van der Waals surface area (Å²) in [5.74, 6) is 1.77. The first-order chi connectivity index (χ1) is 18.9. The zero-order chi connectivity index (χ0) is 27.9. The standard InChI is InChI=1S/C32H40N2O4S/c1-7-33(8-2)17-11-12-18-34(21-23-15-16-24-13-9-10-14-25(24)19-23)32(35)31-22(3)28-27(39-31)20-26(36-4)29(37-5)30(28)38-6/h9-10,13-16,19-20H,7-8,11-12,17-18,21H2,1-6H3. The number of benzene rings is 3. The molecule has 0 aliphatic heterocycles. The number of carbonyl (C=O) groups is 1. The number of thiophene rings is 1. The minimum atomic E-state index is 0.0460. The third-order valence-corrected chi connectivity index (χ3v) is 8.66. The van der Waals surface area contributed by atoms with Crippen LogP contribution in [-0.2, 0) is 6.54 Å². The number of carbonyl (C=O) groups excluding carboxylic acids is 1. The molecule has 0 saturated carbocycles. The molecule has 0 atom stereocenters. The van der Waals surface area contributed by atoms with Gasteiger partial charge in [0.05, 0.1) is 26.2 Å². The van der Waals surface area contributed by atoms with Crippen molar-refractivity contribution >= 4 is 38.1 Å². The van der Waals surface area contributed by atoms with Gasteiger partial charge in [-0.15, -0.1) is 11.3 Å². The second-order valence-corrected chi connectivity index (χ2v) is 10.8. The lowest BCUT2D eigenvalue weighted by atomic mass is 10.1. The molecule has 1 heterocycles. The van der Waals surface area contributed by atoms with E-state index in [1.165, 1.54) is 22.1 Å². The molecule has 0 saturated heterocycles. The van der Waals surface area contributed by atoms with Crippen LogP contribution in [0.5, 0.6) is 17.2 Å². The van der Waals surface area contributed by atoms with Crippen LogP contribution in [0.4, 0.5) is 0 Å². The zero-order valence-corrected chi connectivity index (χ0v) is 24.8. The van der Waals surface area contributed by atoms with Gasteiger partial charge in [0.1, 0.15) is 0 Å². The smallest absolute Gasteiger partial charge is 0.264 e. The normalized spacial score (nSPS) is 11.4. The van der Waals surface area contributed by atoms with E-state index in [-0.39, 0.29) is 5.91 Å². The van der Waals surface area contributed by atoms with Gasteiger partial charge in [0.25, 0.3) is 5.91 Å². The Kier molecular flexibility index (Phi) is 9.70. The van der Waals surface area contributed by atoms with Crippen LogP contribution in [0, 0.1) is 6.92 Å². The van der Waals surface area contributed by atoms with Crippen molar-refractivity contribution in [3.05, 3.63) is 64.5 Å². The van der Waals surface area contributed by atoms with E-state index in [0.29, 0.717) is 30.3 Å². The van der Waals surface area contributed by atoms with Gasteiger partial charge in [-0.2, -0.15) is 0 Å². The summed E-state index contributed by atoms with van der Waals surface area (Å²) in [4.78, 5) is 19.3. The lowest BCUT2D eigenvalue weighted by molar-refractivity contribution is 0.0743. The number of fused-ring (bicyclic) bond motifs is 2. The van der Waals surface area contributed by atoms with E-state index in [0.717, 1.165) is 58.6 Å². The van der Waals surface area contributed by atoms with Crippen molar-refractivity contribution in [2.24, 2.45) is 0 Å². The molecule has 0 radical (unpaired) electrons. The first kappa shape index (κ1) is 28.7. The maximum atomic E-state index is 14.2. The van der Waals surface area contributed by atoms with Gasteiger partial charge in [-0.25, -0.2) is 0 Å². The topological polar surface area (TPSA) is 51.2 Å². The summed E-state index contributed by atoms with van der Waals surface area (Å²) < 4.78 is 17.9. The lowest BCUT2D eigenvalue weighted by Crippen LogP contribution is -2.32. The number of rotatable bonds is 13. The maximum Gasteiger partial charge on any atom is 0.264 e. The molecule has 7 heteroatoms. The summed E-state index contributed by atoms with van der Waals surface area (Å²) >= 11 is 1.49. The third-order valence-electron chi connectivity index (χ3n) is 7.44. The number of aryl methyl sites for hydroxylation is 1. The third kappa shape index (κ3) is 6.15. The Hall–Kier alpha value is -3.29. The largest absolute Gasteiger partial charge is 0.493 e. The van der Waals surface area contributed by atoms with E-state index in [9.17, 15) is 4.79 Å². The summed E-state index contributed by atoms with van der Waals surface area (Å²) in [7, 11) is 4.83. The molecule has 0 unspecified atom stereocenters. The highest BCUT2D eigenvalue weighted by Gasteiger charge is 2.26. The molecular formula is C32H40N2O4S. The highest BCUT2D eigenvalue weighted by Crippen LogP contribution is 2.48. The van der Waals surface area contributed by atoms with E-state index in [1.807, 2.05) is 17.9 Å². The summed E-state index contributed by atoms with van der Waals surface area (Å²) in [5, 5.41) is 3.29. The molecule has 39 heavy (non-hydrogen) atoms. The second kappa shape index (κ2) is 13.2. The maximum absolute atomic E-state index is 14.2. The minimum absolute atomic E-state index is 0.0460. The molecule has 4 aromatic rings. The number of nitrogens with zero attached hydrogens (tertiary/aromatic N) is 2. The number of ether oxygens (including phenoxy) is 3. The van der Waals surface area contributed by atoms with Crippen molar-refractivity contribution in [2.45, 2.75) is 40.2 Å². The minimum Gasteiger partial charge on any atom is -0.493 e. The van der Waals surface area contributed by atoms with Gasteiger partial charge in [-0.1, -0.05) is 50.2 Å². The van der Waals surface area contributed by atoms with E-state index in [4.69, 9.17) is 14.2 Å². The number of unbranched alkanes of at least 4 members (excludes halogenated alkanes) is 1. The van der Waals surface area contributed by atoms with Crippen LogP contribution in [0.2, 0.25) is 0 Å². The lowest BCUT2D eigenvalue weighted by Gasteiger charge is -2.24. The van der Waals surface area contributed by atoms with Crippen molar-refractivity contribution in [3.8, 4) is 17.2 Å². The van der Waals surface area contributed by atoms with Crippen molar-refractivity contribution in [1.29, 1.82) is 0 Å². The van der Waals surface area contributed by atoms with Gasteiger partial charge in [0.2, 0.25) is 5.75 Å². The van der Waals surface area contributed by atoms with Crippen LogP contribution in [0.15, 0.2) is 48.5 Å². The number of amides is 1. The number of hydrogen-bond acceptors (Lipinski definition) is 6. The Morgan fingerprint density at radius 1 is 0.846 bits per heavy atom. The van der Waals surface area contributed by atoms with Gasteiger partial charge in [-0.05, 0) is 67.4 Å². The molecule has 4 rings (SSSR count). The number of methoxy groups -OCH3 is 3. The van der Waals surface area contributed by atoms with Gasteiger partial charge in [-0.3, -0.25) is 4.79 Å². The van der Waals surface area contributed by atoms with Gasteiger partial charge in [0.15, 0.2) is 11.5 Å². The van der Waals surface area contributed by atoms with Gasteiger partial charge >= 0.3 is 0 Å². The van der Waals surface area contributed by atoms with E-state index >= 15 is 0 Å². The van der Waals surface area contributed by atoms with Crippen LogP contribution < -0.4 is 14.2 Å². The fourth-order valence-corrected chi connectivity index (χ4v) is 6.41. The first-order valence-corrected chi connectivity index (χ1v) is 14.5. The molecule has 6 nitrogen and oxygen atoms in total. The monoisotopic (exact) mass is 548 g/mol. The quantitative estimate of drug-likeness (QED) is 0.166. The van der Waals surface area contributed by atoms with E-state index < -0.39 is 0 Å². The molecule has 0 N–H and O–H groups in total. The van der Waals surface area contributed by atoms with Crippen molar-refractivity contribution in [3.63, 3.8) is 0 Å². The molecule has 3 aromatic carbocycles. The van der Waals surface area contributed by atoms with E-state index in [1.54, 1.807) is 21.3 Å². The van der Waals surface area contributed by atoms with Gasteiger partial charge in [0, 0.05) is 29.2 Å². The SMILES string of the molecule is CCN(CC)CCCCN(Cc1ccc2ccccc2c1)C(=O)c1sc2cc(OC)c(OC)c(OC)c2c1C. The van der Waals surface area contributed by atoms with Gasteiger partial charge < -0.3 is 24.0 Å². The predicted octanol–water partition coefficient (Wildman–Crippen LogP) is 7.15. The molecule has 208 valence electrons. The Morgan fingerprint density at radius 3 is 2.21 bits per heavy atom. The molecule has 0 fully saturated rings. The van der Waals surface area contributed by atoms with Crippen molar-refractivity contribution in [1.82, 2.24) is 9.80 Å². The summed E-state index contributed by atoms with van der Waals surface area (Å²) in [6, 6.07) is 16.8. The molecule has 0 bridgehead atoms. The fourth-order valence-electron chi connectivity index (χ4n) is 5.20. The second-order valence-electron chi connectivity index (χ2n) is 9.72. The molecule has 0 aliphatic carbocycles. The number of hydrogen-bond donors (Lipinski definition) is 0. The Balaban J connectivity index is 1.68. The van der Waals surface area contributed by atoms with E-state index in [2.05, 4.69) is 61.2 Å². The fraction of sp³-hybridized carbons (Fsp3) is 0.406. The highest BCUT2D eigenvalue weighted by molar-refractivity contribution is 7.21. The Morgan fingerprint density at radius 2 is 1.54 bits per heavy atom. The van der Waals surface area contributed by atoms with Crippen LogP contribution in [0.3, 0.4) is 0 Å². The molecule has 1 aromatic heterocycles. The van der Waals surface area contributed by atoms with Crippen molar-refractivity contribution < 1.29 is 19.0 Å². The first-order valence-electron chi connectivity index (χ1n) is 13.7. The molecule has 0 aliphatic rings. The molecule has 0 spiro atoms. The zero-order valence-electron chi connectivity index (χ0n) is 24.0. The summed E-state index contributed by atoms with van der Waals surface area (Å²) in [6.07, 6.45) is 2.00. The van der Waals surface area contributed by atoms with Crippen LogP contribution in [0.25, 0.3) is 20.9 Å². The average molecular weight is 549 g/mol. The Labute approximate surface area is 236 Å². The molecular weight excluding hydrogens is 508 g/mol. The average Bonchev–Trinajstić information content (AvgIpc) is 3.30. The molecule has 1 amide bonds. The predicted molar refractivity (Wildman–Crippen MR) is 162 cm³/mol. The summed E-state index contributed by atoms with van der Waals surface area (Å²) in [5.41, 5.74) is 2.04. The van der Waals surface area contributed by atoms with Crippen LogP contribution >= 0.6 is 11.3 Å². The highest BCUT2D eigenvalue weighted by atomic mass is 32.1. The van der Waals surface area contributed by atoms with Crippen LogP contribution in [-0.4, -0.2) is 63.2 Å². The van der Waals surface area contributed by atoms with Crippen LogP contribution in [0.1, 0.15) is 47.5 Å². The van der Waals surface area contributed by atoms with Crippen molar-refractivity contribution in [2.75, 3.05) is 47.5 Å². The Bertz CT molecular complexity index is 1430.